The summed E-state index contributed by atoms with van der Waals surface area (Å²) in [5, 5.41) is 2.35. The van der Waals surface area contributed by atoms with E-state index in [-0.39, 0.29) is 5.54 Å². The Morgan fingerprint density at radius 3 is 1.84 bits per heavy atom. The molecule has 148 valence electrons. The second kappa shape index (κ2) is 17.6. The van der Waals surface area contributed by atoms with E-state index in [0.29, 0.717) is 0 Å². The first-order chi connectivity index (χ1) is 12.1. The van der Waals surface area contributed by atoms with Crippen molar-refractivity contribution >= 4 is 12.2 Å². The molecule has 1 aliphatic carbocycles. The summed E-state index contributed by atoms with van der Waals surface area (Å²) in [6, 6.07) is 2.20. The summed E-state index contributed by atoms with van der Waals surface area (Å²) in [7, 11) is 1.50. The van der Waals surface area contributed by atoms with E-state index in [9.17, 15) is 0 Å². The Labute approximate surface area is 157 Å². The maximum Gasteiger partial charge on any atom is 0.0665 e. The lowest BCUT2D eigenvalue weighted by Crippen LogP contribution is -2.38. The molecule has 1 aliphatic rings. The van der Waals surface area contributed by atoms with Crippen molar-refractivity contribution in [2.75, 3.05) is 7.05 Å². The molecule has 4 N–H and O–H groups in total. The Hall–Kier alpha value is -1.19. The van der Waals surface area contributed by atoms with Crippen molar-refractivity contribution in [3.8, 4) is 0 Å². The maximum atomic E-state index is 6.37. The van der Waals surface area contributed by atoms with Crippen molar-refractivity contribution in [1.29, 1.82) is 0 Å². The van der Waals surface area contributed by atoms with Crippen LogP contribution in [0.4, 0.5) is 0 Å². The highest BCUT2D eigenvalue weighted by atomic mass is 14.8. The Morgan fingerprint density at radius 1 is 1.04 bits per heavy atom. The standard InChI is InChI=1S/C15H22N2.3C2H6.CH5N/c1-4-7-14-12(6-3)13(15(16)8-9-15)10-11(5-2)17-14;4*1-2/h6-7,10H,4-5,8-9,16H2,1-3H3;3*1-2H3;2H2,1H3/b12-6-,14-7+;;;;. The predicted octanol–water partition coefficient (Wildman–Crippen LogP) is 4.24. The van der Waals surface area contributed by atoms with Gasteiger partial charge < -0.3 is 11.5 Å². The molecule has 0 aromatic carbocycles. The van der Waals surface area contributed by atoms with Gasteiger partial charge in [-0.05, 0) is 51.3 Å². The fourth-order valence-electron chi connectivity index (χ4n) is 2.28. The molecule has 1 aromatic rings. The molecule has 3 nitrogen and oxygen atoms in total. The van der Waals surface area contributed by atoms with Gasteiger partial charge in [-0.2, -0.15) is 0 Å². The lowest BCUT2D eigenvalue weighted by molar-refractivity contribution is 0.724. The molecule has 1 aromatic heterocycles. The van der Waals surface area contributed by atoms with Crippen molar-refractivity contribution in [1.82, 2.24) is 4.98 Å². The first-order valence-corrected chi connectivity index (χ1v) is 10.2. The summed E-state index contributed by atoms with van der Waals surface area (Å²) in [6.07, 6.45) is 8.54. The van der Waals surface area contributed by atoms with E-state index < -0.39 is 0 Å². The summed E-state index contributed by atoms with van der Waals surface area (Å²) in [5.41, 5.74) is 13.2. The summed E-state index contributed by atoms with van der Waals surface area (Å²) in [6.45, 7) is 18.4. The van der Waals surface area contributed by atoms with Crippen LogP contribution in [0.3, 0.4) is 0 Å². The molecule has 0 amide bonds. The highest BCUT2D eigenvalue weighted by Gasteiger charge is 2.40. The Bertz CT molecular complexity index is 529. The summed E-state index contributed by atoms with van der Waals surface area (Å²) in [5.74, 6) is 0. The molecule has 0 aliphatic heterocycles. The number of hydrogen-bond acceptors (Lipinski definition) is 3. The molecular formula is C22H45N3. The zero-order valence-electron chi connectivity index (χ0n) is 18.7. The van der Waals surface area contributed by atoms with Gasteiger partial charge in [0.2, 0.25) is 0 Å². The van der Waals surface area contributed by atoms with Crippen LogP contribution in [0.1, 0.15) is 92.8 Å². The monoisotopic (exact) mass is 351 g/mol. The third-order valence-corrected chi connectivity index (χ3v) is 3.51. The topological polar surface area (TPSA) is 64.9 Å². The molecule has 1 heterocycles. The normalized spacial score (nSPS) is 14.4. The third-order valence-electron chi connectivity index (χ3n) is 3.51. The summed E-state index contributed by atoms with van der Waals surface area (Å²) < 4.78 is 0. The van der Waals surface area contributed by atoms with Crippen molar-refractivity contribution in [2.24, 2.45) is 11.5 Å². The van der Waals surface area contributed by atoms with Crippen LogP contribution in [0.2, 0.25) is 0 Å². The van der Waals surface area contributed by atoms with Gasteiger partial charge in [-0.3, -0.25) is 4.98 Å². The molecule has 0 atom stereocenters. The van der Waals surface area contributed by atoms with Crippen LogP contribution >= 0.6 is 0 Å². The predicted molar refractivity (Wildman–Crippen MR) is 117 cm³/mol. The quantitative estimate of drug-likeness (QED) is 0.856. The van der Waals surface area contributed by atoms with Gasteiger partial charge in [-0.1, -0.05) is 67.5 Å². The fourth-order valence-corrected chi connectivity index (χ4v) is 2.28. The third kappa shape index (κ3) is 9.18. The molecule has 0 unspecified atom stereocenters. The number of pyridine rings is 1. The second-order valence-electron chi connectivity index (χ2n) is 4.87. The molecular weight excluding hydrogens is 306 g/mol. The van der Waals surface area contributed by atoms with E-state index in [0.717, 1.165) is 36.7 Å². The SMILES string of the molecule is C/C=c1/c(C2(N)CC2)cc(CC)n/c1=C/CC.CC.CC.CC.CN. The van der Waals surface area contributed by atoms with Crippen LogP contribution in [0.5, 0.6) is 0 Å². The van der Waals surface area contributed by atoms with Crippen LogP contribution in [0, 0.1) is 0 Å². The summed E-state index contributed by atoms with van der Waals surface area (Å²) >= 11 is 0. The zero-order valence-corrected chi connectivity index (χ0v) is 18.7. The minimum atomic E-state index is -0.0783. The lowest BCUT2D eigenvalue weighted by Gasteiger charge is -2.12. The van der Waals surface area contributed by atoms with E-state index >= 15 is 0 Å². The van der Waals surface area contributed by atoms with Crippen LogP contribution in [0.25, 0.3) is 12.2 Å². The largest absolute Gasteiger partial charge is 0.333 e. The first kappa shape index (κ1) is 28.6. The smallest absolute Gasteiger partial charge is 0.0665 e. The van der Waals surface area contributed by atoms with Gasteiger partial charge in [0.05, 0.1) is 5.35 Å². The van der Waals surface area contributed by atoms with Gasteiger partial charge in [0.1, 0.15) is 0 Å². The second-order valence-corrected chi connectivity index (χ2v) is 4.87. The number of aromatic nitrogens is 1. The average Bonchev–Trinajstić information content (AvgIpc) is 3.46. The van der Waals surface area contributed by atoms with Gasteiger partial charge in [-0.15, -0.1) is 0 Å². The highest BCUT2D eigenvalue weighted by Crippen LogP contribution is 2.40. The number of rotatable bonds is 3. The van der Waals surface area contributed by atoms with Gasteiger partial charge >= 0.3 is 0 Å². The Balaban J connectivity index is -0.000000533. The fraction of sp³-hybridized carbons (Fsp3) is 0.682. The highest BCUT2D eigenvalue weighted by molar-refractivity contribution is 5.39. The van der Waals surface area contributed by atoms with Crippen molar-refractivity contribution in [3.05, 3.63) is 27.9 Å². The molecule has 0 spiro atoms. The first-order valence-electron chi connectivity index (χ1n) is 10.2. The van der Waals surface area contributed by atoms with Crippen LogP contribution < -0.4 is 22.0 Å². The molecule has 1 fully saturated rings. The molecule has 0 bridgehead atoms. The van der Waals surface area contributed by atoms with Crippen molar-refractivity contribution in [3.63, 3.8) is 0 Å². The van der Waals surface area contributed by atoms with E-state index in [2.05, 4.69) is 44.7 Å². The van der Waals surface area contributed by atoms with Crippen LogP contribution in [-0.2, 0) is 12.0 Å². The molecule has 0 radical (unpaired) electrons. The molecule has 2 rings (SSSR count). The lowest BCUT2D eigenvalue weighted by atomic mass is 10.0. The van der Waals surface area contributed by atoms with E-state index in [1.807, 2.05) is 41.5 Å². The van der Waals surface area contributed by atoms with Gasteiger partial charge in [-0.25, -0.2) is 0 Å². The molecule has 0 saturated heterocycles. The van der Waals surface area contributed by atoms with Crippen LogP contribution in [-0.4, -0.2) is 12.0 Å². The van der Waals surface area contributed by atoms with Crippen molar-refractivity contribution in [2.45, 2.75) is 93.5 Å². The van der Waals surface area contributed by atoms with Crippen LogP contribution in [0.15, 0.2) is 6.07 Å². The number of nitrogens with zero attached hydrogens (tertiary/aromatic N) is 1. The average molecular weight is 352 g/mol. The number of aryl methyl sites for hydroxylation is 1. The zero-order chi connectivity index (χ0) is 20.5. The van der Waals surface area contributed by atoms with Crippen molar-refractivity contribution < 1.29 is 0 Å². The minimum absolute atomic E-state index is 0.0783. The molecule has 3 heteroatoms. The van der Waals surface area contributed by atoms with Gasteiger partial charge in [0, 0.05) is 16.5 Å². The van der Waals surface area contributed by atoms with E-state index in [1.54, 1.807) is 0 Å². The number of nitrogens with two attached hydrogens (primary N) is 2. The number of hydrogen-bond donors (Lipinski definition) is 2. The maximum absolute atomic E-state index is 6.37. The van der Waals surface area contributed by atoms with Gasteiger partial charge in [0.25, 0.3) is 0 Å². The van der Waals surface area contributed by atoms with E-state index in [4.69, 9.17) is 10.7 Å². The minimum Gasteiger partial charge on any atom is -0.333 e. The van der Waals surface area contributed by atoms with E-state index in [1.165, 1.54) is 17.8 Å². The molecule has 25 heavy (non-hydrogen) atoms. The molecule has 1 saturated carbocycles. The Kier molecular flexibility index (Phi) is 20.2. The summed E-state index contributed by atoms with van der Waals surface area (Å²) in [4.78, 5) is 4.71. The Morgan fingerprint density at radius 2 is 1.52 bits per heavy atom. The van der Waals surface area contributed by atoms with Gasteiger partial charge in [0.15, 0.2) is 0 Å².